The smallest absolute Gasteiger partial charge is 0.254 e. The van der Waals surface area contributed by atoms with Crippen molar-refractivity contribution in [1.82, 2.24) is 10.2 Å². The number of methoxy groups -OCH3 is 3. The first-order chi connectivity index (χ1) is 17.0. The summed E-state index contributed by atoms with van der Waals surface area (Å²) in [4.78, 5) is 29.3. The molecule has 0 saturated heterocycles. The second-order valence-electron chi connectivity index (χ2n) is 8.73. The third kappa shape index (κ3) is 3.97. The highest BCUT2D eigenvalue weighted by molar-refractivity contribution is 6.02. The van der Waals surface area contributed by atoms with Gasteiger partial charge in [0.25, 0.3) is 5.91 Å². The fourth-order valence-corrected chi connectivity index (χ4v) is 5.17. The zero-order chi connectivity index (χ0) is 24.5. The van der Waals surface area contributed by atoms with Crippen LogP contribution >= 0.6 is 0 Å². The number of nitrogens with zero attached hydrogens (tertiary/aromatic N) is 1. The summed E-state index contributed by atoms with van der Waals surface area (Å²) >= 11 is 0. The summed E-state index contributed by atoms with van der Waals surface area (Å²) < 4.78 is 16.2. The third-order valence-corrected chi connectivity index (χ3v) is 6.94. The van der Waals surface area contributed by atoms with E-state index in [4.69, 9.17) is 14.2 Å². The van der Waals surface area contributed by atoms with Crippen molar-refractivity contribution in [1.29, 1.82) is 0 Å². The molecule has 2 amide bonds. The Kier molecular flexibility index (Phi) is 6.07. The number of hydrogen-bond donors (Lipinski definition) is 1. The topological polar surface area (TPSA) is 77.1 Å². The molecule has 5 rings (SSSR count). The van der Waals surface area contributed by atoms with Crippen LogP contribution in [-0.2, 0) is 17.8 Å². The second kappa shape index (κ2) is 9.33. The molecule has 180 valence electrons. The summed E-state index contributed by atoms with van der Waals surface area (Å²) in [6.45, 7) is 0.917. The average Bonchev–Trinajstić information content (AvgIpc) is 2.91. The summed E-state index contributed by atoms with van der Waals surface area (Å²) in [5, 5.41) is 3.10. The van der Waals surface area contributed by atoms with Gasteiger partial charge in [-0.25, -0.2) is 0 Å². The van der Waals surface area contributed by atoms with Gasteiger partial charge in [0.05, 0.1) is 33.3 Å². The van der Waals surface area contributed by atoms with E-state index in [0.717, 1.165) is 23.3 Å². The molecule has 0 aromatic heterocycles. The molecule has 7 heteroatoms. The van der Waals surface area contributed by atoms with E-state index in [2.05, 4.69) is 11.4 Å². The molecule has 2 atom stereocenters. The van der Waals surface area contributed by atoms with E-state index in [-0.39, 0.29) is 11.8 Å². The predicted octanol–water partition coefficient (Wildman–Crippen LogP) is 3.87. The lowest BCUT2D eigenvalue weighted by Crippen LogP contribution is -2.50. The van der Waals surface area contributed by atoms with Gasteiger partial charge < -0.3 is 24.4 Å². The molecule has 3 aromatic carbocycles. The van der Waals surface area contributed by atoms with Crippen molar-refractivity contribution in [3.63, 3.8) is 0 Å². The molecule has 0 bridgehead atoms. The lowest BCUT2D eigenvalue weighted by molar-refractivity contribution is -0.124. The van der Waals surface area contributed by atoms with Crippen LogP contribution in [-0.4, -0.2) is 44.6 Å². The highest BCUT2D eigenvalue weighted by Crippen LogP contribution is 2.48. The molecule has 0 saturated carbocycles. The Balaban J connectivity index is 1.57. The summed E-state index contributed by atoms with van der Waals surface area (Å²) in [5.41, 5.74) is 4.26. The summed E-state index contributed by atoms with van der Waals surface area (Å²) in [7, 11) is 4.71. The Bertz CT molecular complexity index is 1270. The fraction of sp³-hybridized carbons (Fsp3) is 0.286. The molecule has 35 heavy (non-hydrogen) atoms. The van der Waals surface area contributed by atoms with Crippen LogP contribution in [0.25, 0.3) is 0 Å². The van der Waals surface area contributed by atoms with Gasteiger partial charge in [-0.1, -0.05) is 36.4 Å². The van der Waals surface area contributed by atoms with Crippen LogP contribution in [0.15, 0.2) is 60.7 Å². The van der Waals surface area contributed by atoms with Crippen molar-refractivity contribution in [3.8, 4) is 17.2 Å². The van der Waals surface area contributed by atoms with Crippen LogP contribution < -0.4 is 19.5 Å². The van der Waals surface area contributed by atoms with E-state index in [1.807, 2.05) is 47.4 Å². The van der Waals surface area contributed by atoms with E-state index >= 15 is 0 Å². The first kappa shape index (κ1) is 22.8. The van der Waals surface area contributed by atoms with E-state index < -0.39 is 12.0 Å². The fourth-order valence-electron chi connectivity index (χ4n) is 5.17. The number of carbonyl (C=O) groups excluding carboxylic acids is 2. The van der Waals surface area contributed by atoms with Crippen molar-refractivity contribution in [2.45, 2.75) is 24.9 Å². The van der Waals surface area contributed by atoms with Gasteiger partial charge in [-0.2, -0.15) is 0 Å². The molecular formula is C28H28N2O5. The van der Waals surface area contributed by atoms with E-state index in [1.54, 1.807) is 26.4 Å². The minimum Gasteiger partial charge on any atom is -0.497 e. The van der Waals surface area contributed by atoms with Gasteiger partial charge in [0.2, 0.25) is 5.91 Å². The van der Waals surface area contributed by atoms with Gasteiger partial charge in [-0.05, 0) is 52.9 Å². The standard InChI is InChI=1S/C28H28N2O5/c1-33-19-10-8-17(9-11-19)16-29-27(31)25-21-14-23(34-2)24(35-3)15-22(21)28(32)30-13-12-18-6-4-5-7-20(18)26(25)30/h4-11,14-15,25-26H,12-13,16H2,1-3H3,(H,29,31)/t25-,26+/m0/s1. The summed E-state index contributed by atoms with van der Waals surface area (Å²) in [6, 6.07) is 18.7. The Hall–Kier alpha value is -4.00. The average molecular weight is 473 g/mol. The van der Waals surface area contributed by atoms with Gasteiger partial charge in [0, 0.05) is 18.7 Å². The van der Waals surface area contributed by atoms with Gasteiger partial charge in [-0.15, -0.1) is 0 Å². The summed E-state index contributed by atoms with van der Waals surface area (Å²) in [6.07, 6.45) is 0.751. The van der Waals surface area contributed by atoms with Gasteiger partial charge >= 0.3 is 0 Å². The van der Waals surface area contributed by atoms with Gasteiger partial charge in [0.1, 0.15) is 5.75 Å². The van der Waals surface area contributed by atoms with E-state index in [1.165, 1.54) is 12.7 Å². The molecule has 1 N–H and O–H groups in total. The van der Waals surface area contributed by atoms with Crippen LogP contribution in [0.5, 0.6) is 17.2 Å². The Labute approximate surface area is 204 Å². The molecule has 0 spiro atoms. The Morgan fingerprint density at radius 2 is 1.66 bits per heavy atom. The highest BCUT2D eigenvalue weighted by atomic mass is 16.5. The first-order valence-electron chi connectivity index (χ1n) is 11.6. The Morgan fingerprint density at radius 3 is 2.37 bits per heavy atom. The molecular weight excluding hydrogens is 444 g/mol. The third-order valence-electron chi connectivity index (χ3n) is 6.94. The number of nitrogens with one attached hydrogen (secondary N) is 1. The van der Waals surface area contributed by atoms with E-state index in [9.17, 15) is 9.59 Å². The maximum Gasteiger partial charge on any atom is 0.254 e. The van der Waals surface area contributed by atoms with Crippen molar-refractivity contribution in [2.75, 3.05) is 27.9 Å². The monoisotopic (exact) mass is 472 g/mol. The predicted molar refractivity (Wildman–Crippen MR) is 131 cm³/mol. The minimum atomic E-state index is -0.595. The minimum absolute atomic E-state index is 0.0975. The van der Waals surface area contributed by atoms with Gasteiger partial charge in [0.15, 0.2) is 11.5 Å². The zero-order valence-electron chi connectivity index (χ0n) is 20.0. The number of amides is 2. The second-order valence-corrected chi connectivity index (χ2v) is 8.73. The number of benzene rings is 3. The Morgan fingerprint density at radius 1 is 0.943 bits per heavy atom. The number of ether oxygens (including phenoxy) is 3. The van der Waals surface area contributed by atoms with Crippen LogP contribution in [0.4, 0.5) is 0 Å². The van der Waals surface area contributed by atoms with Crippen LogP contribution in [0.2, 0.25) is 0 Å². The lowest BCUT2D eigenvalue weighted by Gasteiger charge is -2.45. The maximum absolute atomic E-state index is 13.8. The SMILES string of the molecule is COc1ccc(CNC(=O)[C@H]2c3cc(OC)c(OC)cc3C(=O)N3CCc4ccccc4[C@H]23)cc1. The summed E-state index contributed by atoms with van der Waals surface area (Å²) in [5.74, 6) is 0.878. The largest absolute Gasteiger partial charge is 0.497 e. The molecule has 0 radical (unpaired) electrons. The maximum atomic E-state index is 13.8. The first-order valence-corrected chi connectivity index (χ1v) is 11.6. The molecule has 0 aliphatic carbocycles. The lowest BCUT2D eigenvalue weighted by atomic mass is 9.75. The van der Waals surface area contributed by atoms with Crippen molar-refractivity contribution in [3.05, 3.63) is 88.5 Å². The van der Waals surface area contributed by atoms with Crippen molar-refractivity contribution in [2.24, 2.45) is 0 Å². The molecule has 0 unspecified atom stereocenters. The molecule has 7 nitrogen and oxygen atoms in total. The zero-order valence-corrected chi connectivity index (χ0v) is 20.0. The quantitative estimate of drug-likeness (QED) is 0.590. The molecule has 0 fully saturated rings. The van der Waals surface area contributed by atoms with E-state index in [0.29, 0.717) is 35.7 Å². The van der Waals surface area contributed by atoms with Gasteiger partial charge in [-0.3, -0.25) is 9.59 Å². The molecule has 2 aliphatic rings. The normalized spacial score (nSPS) is 18.1. The molecule has 3 aromatic rings. The molecule has 2 heterocycles. The van der Waals surface area contributed by atoms with Crippen molar-refractivity contribution >= 4 is 11.8 Å². The van der Waals surface area contributed by atoms with Crippen LogP contribution in [0.3, 0.4) is 0 Å². The number of rotatable bonds is 6. The number of carbonyl (C=O) groups is 2. The van der Waals surface area contributed by atoms with Crippen molar-refractivity contribution < 1.29 is 23.8 Å². The van der Waals surface area contributed by atoms with Crippen LogP contribution in [0, 0.1) is 0 Å². The molecule has 2 aliphatic heterocycles. The van der Waals surface area contributed by atoms with Crippen LogP contribution in [0.1, 0.15) is 44.6 Å². The number of fused-ring (bicyclic) bond motifs is 4. The number of hydrogen-bond acceptors (Lipinski definition) is 5. The highest BCUT2D eigenvalue weighted by Gasteiger charge is 2.46.